The zero-order valence-corrected chi connectivity index (χ0v) is 20.0. The summed E-state index contributed by atoms with van der Waals surface area (Å²) in [5, 5.41) is 1.33. The van der Waals surface area contributed by atoms with Crippen LogP contribution in [0, 0.1) is 23.4 Å². The van der Waals surface area contributed by atoms with Gasteiger partial charge in [-0.15, -0.1) is 0 Å². The van der Waals surface area contributed by atoms with Gasteiger partial charge in [0.2, 0.25) is 5.91 Å². The molecule has 0 bridgehead atoms. The lowest BCUT2D eigenvalue weighted by Crippen LogP contribution is -2.36. The molecular weight excluding hydrogens is 485 g/mol. The number of benzene rings is 2. The van der Waals surface area contributed by atoms with Crippen LogP contribution in [0.5, 0.6) is 11.5 Å². The van der Waals surface area contributed by atoms with Gasteiger partial charge in [-0.05, 0) is 60.5 Å². The summed E-state index contributed by atoms with van der Waals surface area (Å²) in [5.41, 5.74) is -0.0381. The predicted molar refractivity (Wildman–Crippen MR) is 126 cm³/mol. The Hall–Kier alpha value is -3.47. The van der Waals surface area contributed by atoms with Gasteiger partial charge in [-0.2, -0.15) is 0 Å². The standard InChI is InChI=1S/C24H23F3N2O5S/c1-4-33-18-9-14(5-8-17(18)34-12-13(2)3)10-19-23(31)29(24(32)35-19)11-20(30)28-16-7-6-15(25)21(26)22(16)27/h5-10,13H,4,11-12H2,1-3H3,(H,28,30)/b19-10-. The second-order valence-electron chi connectivity index (χ2n) is 7.88. The van der Waals surface area contributed by atoms with Crippen LogP contribution in [0.1, 0.15) is 26.3 Å². The van der Waals surface area contributed by atoms with Crippen molar-refractivity contribution in [3.8, 4) is 11.5 Å². The van der Waals surface area contributed by atoms with Crippen LogP contribution in [-0.2, 0) is 9.59 Å². The van der Waals surface area contributed by atoms with E-state index in [9.17, 15) is 27.6 Å². The second kappa shape index (κ2) is 11.3. The van der Waals surface area contributed by atoms with Crippen LogP contribution in [0.2, 0.25) is 0 Å². The van der Waals surface area contributed by atoms with Crippen molar-refractivity contribution >= 4 is 40.6 Å². The second-order valence-corrected chi connectivity index (χ2v) is 8.88. The van der Waals surface area contributed by atoms with Crippen molar-refractivity contribution in [3.05, 3.63) is 58.3 Å². The monoisotopic (exact) mass is 508 g/mol. The maximum absolute atomic E-state index is 13.8. The summed E-state index contributed by atoms with van der Waals surface area (Å²) in [6.45, 7) is 6.01. The van der Waals surface area contributed by atoms with Crippen molar-refractivity contribution in [1.29, 1.82) is 0 Å². The average Bonchev–Trinajstić information content (AvgIpc) is 3.06. The molecule has 0 aliphatic carbocycles. The first-order valence-electron chi connectivity index (χ1n) is 10.7. The molecule has 0 saturated carbocycles. The van der Waals surface area contributed by atoms with Gasteiger partial charge in [0.05, 0.1) is 23.8 Å². The van der Waals surface area contributed by atoms with E-state index in [0.717, 1.165) is 6.07 Å². The predicted octanol–water partition coefficient (Wildman–Crippen LogP) is 5.21. The quantitative estimate of drug-likeness (QED) is 0.370. The highest BCUT2D eigenvalue weighted by Crippen LogP contribution is 2.35. The van der Waals surface area contributed by atoms with Crippen LogP contribution in [-0.4, -0.2) is 41.7 Å². The molecule has 3 amide bonds. The number of ether oxygens (including phenoxy) is 2. The third-order valence-corrected chi connectivity index (χ3v) is 5.53. The van der Waals surface area contributed by atoms with Gasteiger partial charge >= 0.3 is 0 Å². The molecule has 186 valence electrons. The number of carbonyl (C=O) groups is 3. The molecule has 1 aliphatic heterocycles. The molecule has 0 radical (unpaired) electrons. The molecular formula is C24H23F3N2O5S. The van der Waals surface area contributed by atoms with Crippen molar-refractivity contribution in [3.63, 3.8) is 0 Å². The Morgan fingerprint density at radius 3 is 2.51 bits per heavy atom. The van der Waals surface area contributed by atoms with E-state index in [-0.39, 0.29) is 4.91 Å². The molecule has 35 heavy (non-hydrogen) atoms. The smallest absolute Gasteiger partial charge is 0.294 e. The van der Waals surface area contributed by atoms with E-state index in [1.54, 1.807) is 18.2 Å². The molecule has 0 unspecified atom stereocenters. The zero-order valence-electron chi connectivity index (χ0n) is 19.2. The fourth-order valence-corrected chi connectivity index (χ4v) is 3.84. The molecule has 0 atom stereocenters. The van der Waals surface area contributed by atoms with E-state index in [1.807, 2.05) is 26.1 Å². The largest absolute Gasteiger partial charge is 0.490 e. The van der Waals surface area contributed by atoms with Gasteiger partial charge in [0, 0.05) is 0 Å². The summed E-state index contributed by atoms with van der Waals surface area (Å²) in [5.74, 6) is -5.08. The van der Waals surface area contributed by atoms with Gasteiger partial charge in [-0.3, -0.25) is 19.3 Å². The topological polar surface area (TPSA) is 84.9 Å². The Balaban J connectivity index is 1.73. The first-order chi connectivity index (χ1) is 16.6. The first kappa shape index (κ1) is 26.1. The Kier molecular flexibility index (Phi) is 8.44. The lowest BCUT2D eigenvalue weighted by molar-refractivity contribution is -0.127. The van der Waals surface area contributed by atoms with Crippen LogP contribution in [0.4, 0.5) is 23.7 Å². The molecule has 1 aliphatic rings. The summed E-state index contributed by atoms with van der Waals surface area (Å²) in [7, 11) is 0. The Bertz CT molecular complexity index is 1190. The minimum Gasteiger partial charge on any atom is -0.490 e. The van der Waals surface area contributed by atoms with Crippen LogP contribution >= 0.6 is 11.8 Å². The number of hydrogen-bond donors (Lipinski definition) is 1. The number of nitrogens with zero attached hydrogens (tertiary/aromatic N) is 1. The van der Waals surface area contributed by atoms with Gasteiger partial charge in [0.1, 0.15) is 6.54 Å². The van der Waals surface area contributed by atoms with Crippen LogP contribution < -0.4 is 14.8 Å². The number of halogens is 3. The van der Waals surface area contributed by atoms with Crippen LogP contribution in [0.3, 0.4) is 0 Å². The molecule has 7 nitrogen and oxygen atoms in total. The highest BCUT2D eigenvalue weighted by atomic mass is 32.2. The number of imide groups is 1. The number of anilines is 1. The van der Waals surface area contributed by atoms with E-state index < -0.39 is 46.7 Å². The number of hydrogen-bond acceptors (Lipinski definition) is 6. The Labute approximate surface area is 204 Å². The summed E-state index contributed by atoms with van der Waals surface area (Å²) in [6.07, 6.45) is 1.48. The van der Waals surface area contributed by atoms with Crippen molar-refractivity contribution in [2.45, 2.75) is 20.8 Å². The van der Waals surface area contributed by atoms with Gasteiger partial charge in [0.15, 0.2) is 29.0 Å². The Morgan fingerprint density at radius 2 is 1.83 bits per heavy atom. The third-order valence-electron chi connectivity index (χ3n) is 4.62. The lowest BCUT2D eigenvalue weighted by atomic mass is 10.1. The number of nitrogens with one attached hydrogen (secondary N) is 1. The zero-order chi connectivity index (χ0) is 25.7. The molecule has 2 aromatic rings. The van der Waals surface area contributed by atoms with E-state index >= 15 is 0 Å². The number of carbonyl (C=O) groups excluding carboxylic acids is 3. The molecule has 1 heterocycles. The normalized spacial score (nSPS) is 14.7. The summed E-state index contributed by atoms with van der Waals surface area (Å²) in [6, 6.07) is 6.56. The maximum Gasteiger partial charge on any atom is 0.294 e. The Morgan fingerprint density at radius 1 is 1.09 bits per heavy atom. The van der Waals surface area contributed by atoms with Gasteiger partial charge in [-0.1, -0.05) is 19.9 Å². The highest BCUT2D eigenvalue weighted by molar-refractivity contribution is 8.18. The van der Waals surface area contributed by atoms with E-state index in [2.05, 4.69) is 0 Å². The minimum atomic E-state index is -1.75. The van der Waals surface area contributed by atoms with Crippen molar-refractivity contribution in [1.82, 2.24) is 4.90 Å². The number of amides is 3. The number of rotatable bonds is 9. The molecule has 3 rings (SSSR count). The third kappa shape index (κ3) is 6.36. The van der Waals surface area contributed by atoms with Crippen molar-refractivity contribution in [2.75, 3.05) is 25.1 Å². The van der Waals surface area contributed by atoms with Gasteiger partial charge in [0.25, 0.3) is 11.1 Å². The van der Waals surface area contributed by atoms with Gasteiger partial charge in [-0.25, -0.2) is 13.2 Å². The molecule has 2 aromatic carbocycles. The summed E-state index contributed by atoms with van der Waals surface area (Å²) < 4.78 is 51.6. The first-order valence-corrected chi connectivity index (χ1v) is 11.5. The fraction of sp³-hybridized carbons (Fsp3) is 0.292. The fourth-order valence-electron chi connectivity index (χ4n) is 3.00. The molecule has 0 aromatic heterocycles. The average molecular weight is 509 g/mol. The molecule has 1 N–H and O–H groups in total. The van der Waals surface area contributed by atoms with E-state index in [0.29, 0.717) is 58.9 Å². The van der Waals surface area contributed by atoms with Gasteiger partial charge < -0.3 is 14.8 Å². The van der Waals surface area contributed by atoms with E-state index in [4.69, 9.17) is 9.47 Å². The summed E-state index contributed by atoms with van der Waals surface area (Å²) >= 11 is 0.633. The highest BCUT2D eigenvalue weighted by Gasteiger charge is 2.36. The minimum absolute atomic E-state index is 0.0695. The molecule has 1 saturated heterocycles. The molecule has 1 fully saturated rings. The van der Waals surface area contributed by atoms with Crippen LogP contribution in [0.25, 0.3) is 6.08 Å². The van der Waals surface area contributed by atoms with Crippen molar-refractivity contribution in [2.24, 2.45) is 5.92 Å². The van der Waals surface area contributed by atoms with Crippen molar-refractivity contribution < 1.29 is 37.0 Å². The summed E-state index contributed by atoms with van der Waals surface area (Å²) in [4.78, 5) is 38.0. The van der Waals surface area contributed by atoms with Crippen LogP contribution in [0.15, 0.2) is 35.2 Å². The maximum atomic E-state index is 13.8. The SMILES string of the molecule is CCOc1cc(/C=C2\SC(=O)N(CC(=O)Nc3ccc(F)c(F)c3F)C2=O)ccc1OCC(C)C. The van der Waals surface area contributed by atoms with E-state index in [1.165, 1.54) is 6.08 Å². The number of thioether (sulfide) groups is 1. The molecule has 11 heteroatoms. The molecule has 0 spiro atoms. The lowest BCUT2D eigenvalue weighted by Gasteiger charge is -2.14.